The molecule has 1 aliphatic carbocycles. The van der Waals surface area contributed by atoms with Gasteiger partial charge < -0.3 is 20.2 Å². The molecule has 0 fully saturated rings. The summed E-state index contributed by atoms with van der Waals surface area (Å²) in [5.74, 6) is -1.09. The van der Waals surface area contributed by atoms with E-state index in [0.717, 1.165) is 41.5 Å². The second kappa shape index (κ2) is 9.06. The zero-order valence-electron chi connectivity index (χ0n) is 16.5. The molecule has 1 aromatic carbocycles. The minimum absolute atomic E-state index is 0.00491. The van der Waals surface area contributed by atoms with E-state index in [2.05, 4.69) is 15.5 Å². The van der Waals surface area contributed by atoms with Gasteiger partial charge in [0.15, 0.2) is 17.7 Å². The first-order valence-corrected chi connectivity index (χ1v) is 11.3. The van der Waals surface area contributed by atoms with Crippen molar-refractivity contribution < 1.29 is 23.1 Å². The fraction of sp³-hybridized carbons (Fsp3) is 0.300. The molecule has 0 radical (unpaired) electrons. The van der Waals surface area contributed by atoms with Crippen LogP contribution in [0.4, 0.5) is 9.39 Å². The summed E-state index contributed by atoms with van der Waals surface area (Å²) in [7, 11) is 0. The number of fused-ring (bicyclic) bond motifs is 1. The normalized spacial score (nSPS) is 13.6. The number of rotatable bonds is 8. The van der Waals surface area contributed by atoms with Gasteiger partial charge in [0.05, 0.1) is 11.3 Å². The molecule has 11 heteroatoms. The molecule has 31 heavy (non-hydrogen) atoms. The number of carbonyl (C=O) groups is 2. The number of amides is 2. The summed E-state index contributed by atoms with van der Waals surface area (Å²) in [6.07, 6.45) is 2.01. The summed E-state index contributed by atoms with van der Waals surface area (Å²) in [6.45, 7) is 1.66. The Morgan fingerprint density at radius 3 is 2.94 bits per heavy atom. The quantitative estimate of drug-likeness (QED) is 0.489. The highest BCUT2D eigenvalue weighted by Crippen LogP contribution is 2.39. The summed E-state index contributed by atoms with van der Waals surface area (Å²) >= 11 is 2.44. The van der Waals surface area contributed by atoms with Gasteiger partial charge in [-0.3, -0.25) is 9.59 Å². The number of anilines is 1. The van der Waals surface area contributed by atoms with Crippen molar-refractivity contribution in [1.29, 1.82) is 0 Å². The maximum atomic E-state index is 13.7. The molecule has 2 aromatic heterocycles. The van der Waals surface area contributed by atoms with Crippen LogP contribution in [0, 0.1) is 5.82 Å². The van der Waals surface area contributed by atoms with Crippen molar-refractivity contribution in [1.82, 2.24) is 10.2 Å². The van der Waals surface area contributed by atoms with E-state index in [1.807, 2.05) is 0 Å². The fourth-order valence-electron chi connectivity index (χ4n) is 3.27. The Balaban J connectivity index is 1.34. The van der Waals surface area contributed by atoms with E-state index in [0.29, 0.717) is 10.6 Å². The molecule has 1 atom stereocenters. The number of primary amides is 1. The van der Waals surface area contributed by atoms with E-state index < -0.39 is 17.8 Å². The largest absolute Gasteiger partial charge is 0.478 e. The minimum Gasteiger partial charge on any atom is -0.478 e. The summed E-state index contributed by atoms with van der Waals surface area (Å²) < 4.78 is 24.7. The van der Waals surface area contributed by atoms with E-state index >= 15 is 0 Å². The molecule has 4 rings (SSSR count). The summed E-state index contributed by atoms with van der Waals surface area (Å²) in [6, 6.07) is 6.02. The maximum absolute atomic E-state index is 13.7. The third kappa shape index (κ3) is 4.72. The van der Waals surface area contributed by atoms with Crippen LogP contribution >= 0.6 is 23.1 Å². The number of ether oxygens (including phenoxy) is 1. The van der Waals surface area contributed by atoms with E-state index in [9.17, 15) is 14.0 Å². The zero-order chi connectivity index (χ0) is 22.0. The van der Waals surface area contributed by atoms with Gasteiger partial charge in [-0.15, -0.1) is 21.5 Å². The van der Waals surface area contributed by atoms with E-state index in [1.54, 1.807) is 19.1 Å². The smallest absolute Gasteiger partial charge is 0.277 e. The lowest BCUT2D eigenvalue weighted by Crippen LogP contribution is -2.18. The van der Waals surface area contributed by atoms with Crippen LogP contribution in [0.25, 0.3) is 0 Å². The molecule has 1 unspecified atom stereocenters. The number of thiophene rings is 1. The number of hydrogen-bond acceptors (Lipinski definition) is 8. The lowest BCUT2D eigenvalue weighted by molar-refractivity contribution is -0.113. The van der Waals surface area contributed by atoms with E-state index in [-0.39, 0.29) is 28.5 Å². The van der Waals surface area contributed by atoms with Crippen LogP contribution in [0.5, 0.6) is 5.75 Å². The molecule has 0 spiro atoms. The van der Waals surface area contributed by atoms with Gasteiger partial charge in [-0.25, -0.2) is 4.39 Å². The molecule has 3 aromatic rings. The Morgan fingerprint density at radius 1 is 1.35 bits per heavy atom. The van der Waals surface area contributed by atoms with Crippen molar-refractivity contribution in [2.75, 3.05) is 11.1 Å². The third-order valence-corrected chi connectivity index (χ3v) is 6.68. The van der Waals surface area contributed by atoms with E-state index in [4.69, 9.17) is 14.9 Å². The molecule has 0 bridgehead atoms. The number of aryl methyl sites for hydroxylation is 1. The minimum atomic E-state index is -0.667. The van der Waals surface area contributed by atoms with Crippen molar-refractivity contribution in [2.45, 2.75) is 37.5 Å². The second-order valence-electron chi connectivity index (χ2n) is 6.86. The van der Waals surface area contributed by atoms with Crippen LogP contribution in [-0.4, -0.2) is 27.8 Å². The van der Waals surface area contributed by atoms with Crippen LogP contribution in [0.1, 0.15) is 46.1 Å². The van der Waals surface area contributed by atoms with Gasteiger partial charge in [-0.05, 0) is 43.9 Å². The number of halogens is 1. The number of para-hydroxylation sites is 1. The Labute approximate surface area is 185 Å². The van der Waals surface area contributed by atoms with E-state index in [1.165, 1.54) is 23.5 Å². The molecule has 3 N–H and O–H groups in total. The molecule has 0 saturated carbocycles. The average Bonchev–Trinajstić information content (AvgIpc) is 3.43. The van der Waals surface area contributed by atoms with Crippen LogP contribution in [0.2, 0.25) is 0 Å². The van der Waals surface area contributed by atoms with Crippen molar-refractivity contribution in [2.24, 2.45) is 5.73 Å². The number of aromatic nitrogens is 2. The third-order valence-electron chi connectivity index (χ3n) is 4.66. The van der Waals surface area contributed by atoms with Crippen molar-refractivity contribution in [3.05, 3.63) is 52.0 Å². The fourth-order valence-corrected chi connectivity index (χ4v) is 5.15. The van der Waals surface area contributed by atoms with Crippen LogP contribution in [-0.2, 0) is 17.6 Å². The standard InChI is InChI=1S/C20H19FN4O4S2/c1-10(28-13-7-3-2-6-12(13)21)18-24-25-20(29-18)30-9-15(26)23-19-16(17(22)27)11-5-4-8-14(11)31-19/h2-3,6-7,10H,4-5,8-9H2,1H3,(H2,22,27)(H,23,26). The lowest BCUT2D eigenvalue weighted by atomic mass is 10.1. The number of hydrogen-bond donors (Lipinski definition) is 2. The maximum Gasteiger partial charge on any atom is 0.277 e. The van der Waals surface area contributed by atoms with Gasteiger partial charge >= 0.3 is 0 Å². The zero-order valence-corrected chi connectivity index (χ0v) is 18.1. The molecule has 2 heterocycles. The monoisotopic (exact) mass is 462 g/mol. The van der Waals surface area contributed by atoms with Gasteiger partial charge in [0.25, 0.3) is 17.0 Å². The number of nitrogens with two attached hydrogens (primary N) is 1. The predicted molar refractivity (Wildman–Crippen MR) is 114 cm³/mol. The van der Waals surface area contributed by atoms with Crippen molar-refractivity contribution in [3.8, 4) is 5.75 Å². The molecule has 0 saturated heterocycles. The average molecular weight is 463 g/mol. The van der Waals surface area contributed by atoms with Gasteiger partial charge in [-0.2, -0.15) is 0 Å². The molecule has 2 amide bonds. The van der Waals surface area contributed by atoms with Gasteiger partial charge in [0.2, 0.25) is 5.91 Å². The summed E-state index contributed by atoms with van der Waals surface area (Å²) in [5.41, 5.74) is 6.87. The molecular weight excluding hydrogens is 443 g/mol. The highest BCUT2D eigenvalue weighted by Gasteiger charge is 2.26. The molecular formula is C20H19FN4O4S2. The first kappa shape index (κ1) is 21.3. The van der Waals surface area contributed by atoms with Gasteiger partial charge in [-0.1, -0.05) is 23.9 Å². The Bertz CT molecular complexity index is 1130. The second-order valence-corrected chi connectivity index (χ2v) is 8.89. The van der Waals surface area contributed by atoms with Gasteiger partial charge in [0, 0.05) is 4.88 Å². The number of thioether (sulfide) groups is 1. The Morgan fingerprint density at radius 2 is 2.16 bits per heavy atom. The SMILES string of the molecule is CC(Oc1ccccc1F)c1nnc(SCC(=O)Nc2sc3c(c2C(N)=O)CCC3)o1. The first-order chi connectivity index (χ1) is 14.9. The Hall–Kier alpha value is -2.92. The van der Waals surface area contributed by atoms with Crippen LogP contribution in [0.3, 0.4) is 0 Å². The van der Waals surface area contributed by atoms with Crippen LogP contribution in [0.15, 0.2) is 33.9 Å². The number of carbonyl (C=O) groups excluding carboxylic acids is 2. The number of nitrogens with zero attached hydrogens (tertiary/aromatic N) is 2. The Kier molecular flexibility index (Phi) is 6.23. The highest BCUT2D eigenvalue weighted by molar-refractivity contribution is 7.99. The molecule has 8 nitrogen and oxygen atoms in total. The first-order valence-electron chi connectivity index (χ1n) is 9.54. The number of nitrogens with one attached hydrogen (secondary N) is 1. The molecule has 1 aliphatic rings. The highest BCUT2D eigenvalue weighted by atomic mass is 32.2. The lowest BCUT2D eigenvalue weighted by Gasteiger charge is -2.11. The topological polar surface area (TPSA) is 120 Å². The molecule has 162 valence electrons. The summed E-state index contributed by atoms with van der Waals surface area (Å²) in [4.78, 5) is 25.3. The predicted octanol–water partition coefficient (Wildman–Crippen LogP) is 3.73. The number of benzene rings is 1. The van der Waals surface area contributed by atoms with Crippen molar-refractivity contribution >= 4 is 39.9 Å². The molecule has 0 aliphatic heterocycles. The summed E-state index contributed by atoms with van der Waals surface area (Å²) in [5, 5.41) is 11.2. The van der Waals surface area contributed by atoms with Gasteiger partial charge in [0.1, 0.15) is 5.00 Å². The van der Waals surface area contributed by atoms with Crippen LogP contribution < -0.4 is 15.8 Å². The van der Waals surface area contributed by atoms with Crippen molar-refractivity contribution in [3.63, 3.8) is 0 Å².